The van der Waals surface area contributed by atoms with Gasteiger partial charge in [-0.05, 0) is 61.4 Å². The predicted molar refractivity (Wildman–Crippen MR) is 98.0 cm³/mol. The van der Waals surface area contributed by atoms with Gasteiger partial charge in [-0.15, -0.1) is 0 Å². The Kier molecular flexibility index (Phi) is 5.05. The monoisotopic (exact) mass is 396 g/mol. The van der Waals surface area contributed by atoms with E-state index < -0.39 is 16.6 Å². The van der Waals surface area contributed by atoms with Crippen molar-refractivity contribution in [2.45, 2.75) is 26.0 Å². The van der Waals surface area contributed by atoms with Crippen LogP contribution in [0.1, 0.15) is 22.8 Å². The van der Waals surface area contributed by atoms with Crippen molar-refractivity contribution < 1.29 is 26.7 Å². The molecule has 144 valence electrons. The highest BCUT2D eigenvalue weighted by Gasteiger charge is 2.32. The van der Waals surface area contributed by atoms with Crippen LogP contribution in [-0.4, -0.2) is 33.2 Å². The molecule has 0 spiro atoms. The number of rotatable bonds is 5. The Bertz CT molecular complexity index is 962. The number of ether oxygens (including phenoxy) is 1. The molecule has 0 aliphatic carbocycles. The van der Waals surface area contributed by atoms with Gasteiger partial charge in [-0.25, -0.2) is 8.42 Å². The number of hydrogen-bond donors (Lipinski definition) is 1. The van der Waals surface area contributed by atoms with Crippen molar-refractivity contribution in [1.29, 1.82) is 0 Å². The third kappa shape index (κ3) is 4.19. The zero-order valence-electron chi connectivity index (χ0n) is 14.6. The maximum atomic E-state index is 12.4. The number of fused-ring (bicyclic) bond motifs is 1. The molecule has 1 unspecified atom stereocenters. The fourth-order valence-electron chi connectivity index (χ4n) is 3.17. The molecule has 1 amide bonds. The number of anilines is 2. The standard InChI is InChI=1S/C18H18F2N2O4S/c1-11-9-13-10-12(3-8-16(13)22(11)27(2,24)25)17(23)21-14-4-6-15(7-5-14)26-18(19)20/h3-8,10-11,18H,9H2,1-2H3,(H,21,23). The molecular weight excluding hydrogens is 378 g/mol. The number of halogens is 2. The molecular formula is C18H18F2N2O4S. The molecule has 0 radical (unpaired) electrons. The molecule has 1 N–H and O–H groups in total. The van der Waals surface area contributed by atoms with Gasteiger partial charge in [0, 0.05) is 17.3 Å². The first kappa shape index (κ1) is 19.1. The SMILES string of the molecule is CC1Cc2cc(C(=O)Nc3ccc(OC(F)F)cc3)ccc2N1S(C)(=O)=O. The minimum atomic E-state index is -3.39. The molecule has 0 aromatic heterocycles. The van der Waals surface area contributed by atoms with Crippen LogP contribution >= 0.6 is 0 Å². The summed E-state index contributed by atoms with van der Waals surface area (Å²) in [5, 5.41) is 2.67. The van der Waals surface area contributed by atoms with Gasteiger partial charge >= 0.3 is 6.61 Å². The van der Waals surface area contributed by atoms with Crippen LogP contribution in [0.2, 0.25) is 0 Å². The van der Waals surface area contributed by atoms with Gasteiger partial charge in [-0.3, -0.25) is 9.10 Å². The van der Waals surface area contributed by atoms with Crippen molar-refractivity contribution in [3.8, 4) is 5.75 Å². The van der Waals surface area contributed by atoms with E-state index in [2.05, 4.69) is 10.1 Å². The number of sulfonamides is 1. The molecule has 1 aliphatic rings. The highest BCUT2D eigenvalue weighted by Crippen LogP contribution is 2.34. The normalized spacial score (nSPS) is 16.3. The molecule has 1 heterocycles. The second kappa shape index (κ2) is 7.15. The maximum Gasteiger partial charge on any atom is 0.387 e. The zero-order valence-corrected chi connectivity index (χ0v) is 15.5. The van der Waals surface area contributed by atoms with Crippen molar-refractivity contribution in [1.82, 2.24) is 0 Å². The number of benzene rings is 2. The van der Waals surface area contributed by atoms with Gasteiger partial charge in [0.25, 0.3) is 5.91 Å². The average molecular weight is 396 g/mol. The van der Waals surface area contributed by atoms with Gasteiger partial charge in [0.1, 0.15) is 5.75 Å². The van der Waals surface area contributed by atoms with Crippen LogP contribution in [0.15, 0.2) is 42.5 Å². The number of nitrogens with zero attached hydrogens (tertiary/aromatic N) is 1. The van der Waals surface area contributed by atoms with E-state index in [0.29, 0.717) is 23.4 Å². The fourth-order valence-corrected chi connectivity index (χ4v) is 4.44. The van der Waals surface area contributed by atoms with E-state index >= 15 is 0 Å². The molecule has 0 saturated carbocycles. The molecule has 0 saturated heterocycles. The van der Waals surface area contributed by atoms with Gasteiger partial charge in [0.05, 0.1) is 11.9 Å². The topological polar surface area (TPSA) is 75.7 Å². The lowest BCUT2D eigenvalue weighted by molar-refractivity contribution is -0.0498. The van der Waals surface area contributed by atoms with Crippen molar-refractivity contribution in [3.05, 3.63) is 53.6 Å². The largest absolute Gasteiger partial charge is 0.435 e. The van der Waals surface area contributed by atoms with Gasteiger partial charge in [-0.1, -0.05) is 0 Å². The van der Waals surface area contributed by atoms with E-state index in [1.807, 2.05) is 6.92 Å². The second-order valence-corrected chi connectivity index (χ2v) is 8.17. The van der Waals surface area contributed by atoms with Crippen LogP contribution in [0.25, 0.3) is 0 Å². The third-order valence-electron chi connectivity index (χ3n) is 4.19. The molecule has 27 heavy (non-hydrogen) atoms. The number of carbonyl (C=O) groups excluding carboxylic acids is 1. The summed E-state index contributed by atoms with van der Waals surface area (Å²) >= 11 is 0. The summed E-state index contributed by atoms with van der Waals surface area (Å²) in [6.07, 6.45) is 1.67. The number of hydrogen-bond acceptors (Lipinski definition) is 4. The lowest BCUT2D eigenvalue weighted by Gasteiger charge is -2.21. The summed E-state index contributed by atoms with van der Waals surface area (Å²) in [7, 11) is -3.39. The summed E-state index contributed by atoms with van der Waals surface area (Å²) < 4.78 is 53.8. The van der Waals surface area contributed by atoms with Crippen LogP contribution in [0.5, 0.6) is 5.75 Å². The minimum absolute atomic E-state index is 0.00427. The first-order valence-electron chi connectivity index (χ1n) is 8.13. The molecule has 6 nitrogen and oxygen atoms in total. The van der Waals surface area contributed by atoms with Crippen LogP contribution in [0.4, 0.5) is 20.2 Å². The van der Waals surface area contributed by atoms with Crippen LogP contribution in [0.3, 0.4) is 0 Å². The summed E-state index contributed by atoms with van der Waals surface area (Å²) in [6, 6.07) is 10.2. The maximum absolute atomic E-state index is 12.4. The minimum Gasteiger partial charge on any atom is -0.435 e. The van der Waals surface area contributed by atoms with E-state index in [1.165, 1.54) is 28.6 Å². The Morgan fingerprint density at radius 1 is 1.22 bits per heavy atom. The van der Waals surface area contributed by atoms with Crippen molar-refractivity contribution >= 4 is 27.3 Å². The molecule has 2 aromatic carbocycles. The van der Waals surface area contributed by atoms with E-state index in [4.69, 9.17) is 0 Å². The smallest absolute Gasteiger partial charge is 0.387 e. The average Bonchev–Trinajstić information content (AvgIpc) is 2.91. The van der Waals surface area contributed by atoms with Crippen LogP contribution in [0, 0.1) is 0 Å². The number of alkyl halides is 2. The van der Waals surface area contributed by atoms with Gasteiger partial charge in [0.2, 0.25) is 10.0 Å². The summed E-state index contributed by atoms with van der Waals surface area (Å²) in [4.78, 5) is 12.4. The van der Waals surface area contributed by atoms with E-state index in [1.54, 1.807) is 18.2 Å². The molecule has 0 fully saturated rings. The van der Waals surface area contributed by atoms with Crippen LogP contribution in [-0.2, 0) is 16.4 Å². The zero-order chi connectivity index (χ0) is 19.8. The molecule has 3 rings (SSSR count). The summed E-state index contributed by atoms with van der Waals surface area (Å²) in [6.45, 7) is -1.10. The van der Waals surface area contributed by atoms with Gasteiger partial charge in [0.15, 0.2) is 0 Å². The van der Waals surface area contributed by atoms with Crippen molar-refractivity contribution in [3.63, 3.8) is 0 Å². The van der Waals surface area contributed by atoms with Gasteiger partial charge in [-0.2, -0.15) is 8.78 Å². The van der Waals surface area contributed by atoms with Crippen LogP contribution < -0.4 is 14.4 Å². The lowest BCUT2D eigenvalue weighted by atomic mass is 10.1. The third-order valence-corrected chi connectivity index (χ3v) is 5.46. The van der Waals surface area contributed by atoms with Crippen molar-refractivity contribution in [2.24, 2.45) is 0 Å². The van der Waals surface area contributed by atoms with Gasteiger partial charge < -0.3 is 10.1 Å². The van der Waals surface area contributed by atoms with E-state index in [0.717, 1.165) is 11.8 Å². The molecule has 1 aliphatic heterocycles. The Morgan fingerprint density at radius 3 is 2.48 bits per heavy atom. The molecule has 0 bridgehead atoms. The summed E-state index contributed by atoms with van der Waals surface area (Å²) in [5.41, 5.74) is 2.16. The lowest BCUT2D eigenvalue weighted by Crippen LogP contribution is -2.34. The second-order valence-electron chi connectivity index (χ2n) is 6.31. The molecule has 1 atom stereocenters. The Morgan fingerprint density at radius 2 is 1.89 bits per heavy atom. The fraction of sp³-hybridized carbons (Fsp3) is 0.278. The van der Waals surface area contributed by atoms with E-state index in [9.17, 15) is 22.0 Å². The van der Waals surface area contributed by atoms with Crippen molar-refractivity contribution in [2.75, 3.05) is 15.9 Å². The highest BCUT2D eigenvalue weighted by molar-refractivity contribution is 7.92. The number of amides is 1. The number of carbonyl (C=O) groups is 1. The summed E-state index contributed by atoms with van der Waals surface area (Å²) in [5.74, 6) is -0.388. The quantitative estimate of drug-likeness (QED) is 0.842. The number of nitrogens with one attached hydrogen (secondary N) is 1. The Hall–Kier alpha value is -2.68. The highest BCUT2D eigenvalue weighted by atomic mass is 32.2. The first-order valence-corrected chi connectivity index (χ1v) is 9.98. The Labute approximate surface area is 155 Å². The molecule has 9 heteroatoms. The predicted octanol–water partition coefficient (Wildman–Crippen LogP) is 3.25. The Balaban J connectivity index is 1.76. The molecule has 2 aromatic rings. The first-order chi connectivity index (χ1) is 12.6. The van der Waals surface area contributed by atoms with E-state index in [-0.39, 0.29) is 17.7 Å².